The average molecular weight is 431 g/mol. The number of likely N-dealkylation sites (tertiary alicyclic amines) is 1. The largest absolute Gasteiger partial charge is 0.356 e. The lowest BCUT2D eigenvalue weighted by Crippen LogP contribution is -2.38. The molecule has 0 aliphatic carbocycles. The first-order valence-corrected chi connectivity index (χ1v) is 11.6. The van der Waals surface area contributed by atoms with Gasteiger partial charge in [0, 0.05) is 52.0 Å². The van der Waals surface area contributed by atoms with Crippen LogP contribution in [0.5, 0.6) is 0 Å². The van der Waals surface area contributed by atoms with Crippen molar-refractivity contribution in [2.24, 2.45) is 4.99 Å². The maximum absolute atomic E-state index is 4.53. The van der Waals surface area contributed by atoms with Crippen molar-refractivity contribution in [3.8, 4) is 0 Å². The zero-order valence-corrected chi connectivity index (χ0v) is 19.0. The summed E-state index contributed by atoms with van der Waals surface area (Å²) in [5.74, 6) is 1.89. The summed E-state index contributed by atoms with van der Waals surface area (Å²) in [6, 6.07) is 19.4. The number of hydrogen-bond acceptors (Lipinski definition) is 3. The second kappa shape index (κ2) is 11.5. The molecule has 1 fully saturated rings. The monoisotopic (exact) mass is 430 g/mol. The van der Waals surface area contributed by atoms with Crippen LogP contribution in [0.3, 0.4) is 0 Å². The SMILES string of the molecule is CN=C(NCCc1nccn1Cc1ccccc1)NCc1ccc(CN2CCCC2)cc1. The molecule has 1 aliphatic rings. The number of aliphatic imine (C=N–C) groups is 1. The van der Waals surface area contributed by atoms with Crippen LogP contribution in [0.25, 0.3) is 0 Å². The van der Waals surface area contributed by atoms with E-state index in [1.807, 2.05) is 25.5 Å². The average Bonchev–Trinajstić information content (AvgIpc) is 3.50. The van der Waals surface area contributed by atoms with Crippen LogP contribution < -0.4 is 10.6 Å². The van der Waals surface area contributed by atoms with Gasteiger partial charge in [0.1, 0.15) is 5.82 Å². The van der Waals surface area contributed by atoms with Gasteiger partial charge in [0.15, 0.2) is 5.96 Å². The molecular formula is C26H34N6. The van der Waals surface area contributed by atoms with Crippen molar-refractivity contribution >= 4 is 5.96 Å². The Hall–Kier alpha value is -3.12. The van der Waals surface area contributed by atoms with Crippen LogP contribution in [0.4, 0.5) is 0 Å². The van der Waals surface area contributed by atoms with Gasteiger partial charge in [-0.15, -0.1) is 0 Å². The van der Waals surface area contributed by atoms with E-state index < -0.39 is 0 Å². The summed E-state index contributed by atoms with van der Waals surface area (Å²) >= 11 is 0. The second-order valence-electron chi connectivity index (χ2n) is 8.36. The van der Waals surface area contributed by atoms with Crippen molar-refractivity contribution in [2.75, 3.05) is 26.7 Å². The summed E-state index contributed by atoms with van der Waals surface area (Å²) in [5.41, 5.74) is 3.93. The van der Waals surface area contributed by atoms with E-state index >= 15 is 0 Å². The molecule has 3 aromatic rings. The van der Waals surface area contributed by atoms with Crippen molar-refractivity contribution in [3.05, 3.63) is 89.5 Å². The molecule has 2 heterocycles. The molecule has 2 N–H and O–H groups in total. The van der Waals surface area contributed by atoms with E-state index in [4.69, 9.17) is 0 Å². The molecule has 4 rings (SSSR count). The summed E-state index contributed by atoms with van der Waals surface area (Å²) in [7, 11) is 1.81. The number of nitrogens with one attached hydrogen (secondary N) is 2. The molecule has 6 nitrogen and oxygen atoms in total. The van der Waals surface area contributed by atoms with Crippen molar-refractivity contribution in [1.82, 2.24) is 25.1 Å². The van der Waals surface area contributed by atoms with Gasteiger partial charge >= 0.3 is 0 Å². The number of nitrogens with zero attached hydrogens (tertiary/aromatic N) is 4. The Kier molecular flexibility index (Phi) is 7.93. The van der Waals surface area contributed by atoms with Crippen molar-refractivity contribution < 1.29 is 0 Å². The maximum Gasteiger partial charge on any atom is 0.191 e. The van der Waals surface area contributed by atoms with Crippen LogP contribution >= 0.6 is 0 Å². The Morgan fingerprint density at radius 3 is 2.38 bits per heavy atom. The van der Waals surface area contributed by atoms with Crippen LogP contribution in [0.2, 0.25) is 0 Å². The highest BCUT2D eigenvalue weighted by molar-refractivity contribution is 5.79. The van der Waals surface area contributed by atoms with E-state index in [9.17, 15) is 0 Å². The Bertz CT molecular complexity index is 971. The summed E-state index contributed by atoms with van der Waals surface area (Å²) < 4.78 is 2.21. The lowest BCUT2D eigenvalue weighted by Gasteiger charge is -2.15. The fourth-order valence-electron chi connectivity index (χ4n) is 4.15. The number of rotatable bonds is 9. The molecule has 0 spiro atoms. The quantitative estimate of drug-likeness (QED) is 0.403. The van der Waals surface area contributed by atoms with E-state index in [1.165, 1.54) is 42.6 Å². The highest BCUT2D eigenvalue weighted by Crippen LogP contribution is 2.13. The molecule has 6 heteroatoms. The zero-order valence-electron chi connectivity index (χ0n) is 19.0. The second-order valence-corrected chi connectivity index (χ2v) is 8.36. The van der Waals surface area contributed by atoms with Gasteiger partial charge in [-0.1, -0.05) is 54.6 Å². The molecule has 0 unspecified atom stereocenters. The van der Waals surface area contributed by atoms with Crippen LogP contribution in [-0.4, -0.2) is 47.1 Å². The molecule has 0 atom stereocenters. The minimum absolute atomic E-state index is 0.756. The first-order chi connectivity index (χ1) is 15.8. The van der Waals surface area contributed by atoms with Gasteiger partial charge in [0.25, 0.3) is 0 Å². The molecule has 1 aromatic heterocycles. The van der Waals surface area contributed by atoms with Crippen LogP contribution in [0.15, 0.2) is 72.0 Å². The summed E-state index contributed by atoms with van der Waals surface area (Å²) in [6.07, 6.45) is 7.43. The highest BCUT2D eigenvalue weighted by atomic mass is 15.2. The molecule has 0 amide bonds. The van der Waals surface area contributed by atoms with Gasteiger partial charge in [-0.05, 0) is 42.6 Å². The van der Waals surface area contributed by atoms with E-state index in [0.717, 1.165) is 44.4 Å². The van der Waals surface area contributed by atoms with E-state index in [2.05, 4.69) is 78.6 Å². The molecule has 0 bridgehead atoms. The molecule has 168 valence electrons. The number of aromatic nitrogens is 2. The smallest absolute Gasteiger partial charge is 0.191 e. The lowest BCUT2D eigenvalue weighted by atomic mass is 10.1. The first-order valence-electron chi connectivity index (χ1n) is 11.6. The van der Waals surface area contributed by atoms with Crippen molar-refractivity contribution in [2.45, 2.75) is 38.9 Å². The van der Waals surface area contributed by atoms with Crippen molar-refractivity contribution in [3.63, 3.8) is 0 Å². The number of guanidine groups is 1. The molecule has 1 saturated heterocycles. The van der Waals surface area contributed by atoms with E-state index in [-0.39, 0.29) is 0 Å². The fraction of sp³-hybridized carbons (Fsp3) is 0.385. The predicted octanol–water partition coefficient (Wildman–Crippen LogP) is 3.43. The van der Waals surface area contributed by atoms with Gasteiger partial charge in [-0.25, -0.2) is 4.98 Å². The van der Waals surface area contributed by atoms with Gasteiger partial charge in [0.2, 0.25) is 0 Å². The third-order valence-electron chi connectivity index (χ3n) is 5.95. The zero-order chi connectivity index (χ0) is 22.0. The molecule has 1 aliphatic heterocycles. The Balaban J connectivity index is 1.21. The maximum atomic E-state index is 4.53. The van der Waals surface area contributed by atoms with E-state index in [0.29, 0.717) is 0 Å². The van der Waals surface area contributed by atoms with Crippen molar-refractivity contribution in [1.29, 1.82) is 0 Å². The first kappa shape index (κ1) is 22.1. The van der Waals surface area contributed by atoms with Gasteiger partial charge in [0.05, 0.1) is 0 Å². The lowest BCUT2D eigenvalue weighted by molar-refractivity contribution is 0.331. The predicted molar refractivity (Wildman–Crippen MR) is 131 cm³/mol. The minimum Gasteiger partial charge on any atom is -0.356 e. The van der Waals surface area contributed by atoms with Gasteiger partial charge < -0.3 is 15.2 Å². The Morgan fingerprint density at radius 1 is 0.906 bits per heavy atom. The molecule has 0 saturated carbocycles. The summed E-state index contributed by atoms with van der Waals surface area (Å²) in [6.45, 7) is 5.91. The van der Waals surface area contributed by atoms with Crippen LogP contribution in [-0.2, 0) is 26.1 Å². The third kappa shape index (κ3) is 6.44. The third-order valence-corrected chi connectivity index (χ3v) is 5.95. The van der Waals surface area contributed by atoms with Gasteiger partial charge in [-0.2, -0.15) is 0 Å². The highest BCUT2D eigenvalue weighted by Gasteiger charge is 2.11. The molecule has 0 radical (unpaired) electrons. The van der Waals surface area contributed by atoms with Gasteiger partial charge in [-0.3, -0.25) is 9.89 Å². The fourth-order valence-corrected chi connectivity index (χ4v) is 4.15. The molecule has 2 aromatic carbocycles. The standard InChI is InChI=1S/C26H34N6/c1-27-26(30-19-22-9-11-24(12-10-22)20-31-16-5-6-17-31)29-14-13-25-28-15-18-32(25)21-23-7-3-2-4-8-23/h2-4,7-12,15,18H,5-6,13-14,16-17,19-21H2,1H3,(H2,27,29,30). The Labute approximate surface area is 191 Å². The number of imidazole rings is 1. The minimum atomic E-state index is 0.756. The number of hydrogen-bond donors (Lipinski definition) is 2. The molecule has 32 heavy (non-hydrogen) atoms. The summed E-state index contributed by atoms with van der Waals surface area (Å²) in [5, 5.41) is 6.82. The van der Waals surface area contributed by atoms with E-state index in [1.54, 1.807) is 0 Å². The number of benzene rings is 2. The van der Waals surface area contributed by atoms with Crippen LogP contribution in [0, 0.1) is 0 Å². The topological polar surface area (TPSA) is 57.5 Å². The Morgan fingerprint density at radius 2 is 1.62 bits per heavy atom. The summed E-state index contributed by atoms with van der Waals surface area (Å²) in [4.78, 5) is 11.4. The van der Waals surface area contributed by atoms with Crippen LogP contribution in [0.1, 0.15) is 35.4 Å². The molecular weight excluding hydrogens is 396 g/mol. The normalized spacial score (nSPS) is 14.6.